The Morgan fingerprint density at radius 2 is 1.37 bits per heavy atom. The van der Waals surface area contributed by atoms with E-state index in [2.05, 4.69) is 16.0 Å². The normalized spacial score (nSPS) is 9.89. The Hall–Kier alpha value is -3.42. The van der Waals surface area contributed by atoms with Crippen LogP contribution >= 0.6 is 0 Å². The van der Waals surface area contributed by atoms with Crippen molar-refractivity contribution in [1.82, 2.24) is 5.32 Å². The van der Waals surface area contributed by atoms with Crippen molar-refractivity contribution in [3.8, 4) is 17.2 Å². The second-order valence-corrected chi connectivity index (χ2v) is 5.51. The van der Waals surface area contributed by atoms with Gasteiger partial charge in [-0.1, -0.05) is 0 Å². The summed E-state index contributed by atoms with van der Waals surface area (Å²) in [5.74, 6) is 1.60. The molecule has 2 aromatic carbocycles. The highest BCUT2D eigenvalue weighted by molar-refractivity contribution is 5.92. The van der Waals surface area contributed by atoms with E-state index in [1.807, 2.05) is 0 Å². The summed E-state index contributed by atoms with van der Waals surface area (Å²) in [4.78, 5) is 23.9. The maximum absolute atomic E-state index is 12.0. The summed E-state index contributed by atoms with van der Waals surface area (Å²) in [6.45, 7) is 0.189. The van der Waals surface area contributed by atoms with E-state index in [0.29, 0.717) is 28.6 Å². The summed E-state index contributed by atoms with van der Waals surface area (Å²) in [7, 11) is 4.64. The molecule has 0 aliphatic heterocycles. The molecule has 0 aliphatic rings. The van der Waals surface area contributed by atoms with Crippen molar-refractivity contribution in [2.45, 2.75) is 6.42 Å². The summed E-state index contributed by atoms with van der Waals surface area (Å²) in [5, 5.41) is 8.05. The van der Waals surface area contributed by atoms with E-state index < -0.39 is 6.03 Å². The van der Waals surface area contributed by atoms with Crippen LogP contribution in [0.25, 0.3) is 0 Å². The van der Waals surface area contributed by atoms with Crippen LogP contribution in [-0.4, -0.2) is 39.8 Å². The van der Waals surface area contributed by atoms with Gasteiger partial charge in [0, 0.05) is 42.5 Å². The fourth-order valence-electron chi connectivity index (χ4n) is 2.24. The van der Waals surface area contributed by atoms with Gasteiger partial charge in [-0.2, -0.15) is 0 Å². The summed E-state index contributed by atoms with van der Waals surface area (Å²) >= 11 is 0. The highest BCUT2D eigenvalue weighted by Gasteiger charge is 2.08. The smallest absolute Gasteiger partial charge is 0.319 e. The predicted molar refractivity (Wildman–Crippen MR) is 103 cm³/mol. The summed E-state index contributed by atoms with van der Waals surface area (Å²) < 4.78 is 15.4. The first-order valence-electron chi connectivity index (χ1n) is 8.26. The standard InChI is InChI=1S/C19H23N3O5/c1-25-15-6-4-13(5-7-15)22-19(24)20-9-8-18(23)21-14-10-16(26-2)12-17(11-14)27-3/h4-7,10-12H,8-9H2,1-3H3,(H,21,23)(H2,20,22,24). The SMILES string of the molecule is COc1ccc(NC(=O)NCCC(=O)Nc2cc(OC)cc(OC)c2)cc1. The lowest BCUT2D eigenvalue weighted by atomic mass is 10.2. The lowest BCUT2D eigenvalue weighted by Gasteiger charge is -2.11. The number of ether oxygens (including phenoxy) is 3. The number of nitrogens with one attached hydrogen (secondary N) is 3. The average Bonchev–Trinajstić information content (AvgIpc) is 2.68. The van der Waals surface area contributed by atoms with Crippen LogP contribution in [0.4, 0.5) is 16.2 Å². The summed E-state index contributed by atoms with van der Waals surface area (Å²) in [6.07, 6.45) is 0.121. The van der Waals surface area contributed by atoms with Crippen molar-refractivity contribution >= 4 is 23.3 Å². The number of methoxy groups -OCH3 is 3. The third kappa shape index (κ3) is 6.43. The van der Waals surface area contributed by atoms with Crippen LogP contribution in [0.3, 0.4) is 0 Å². The van der Waals surface area contributed by atoms with Crippen LogP contribution in [0.5, 0.6) is 17.2 Å². The number of anilines is 2. The van der Waals surface area contributed by atoms with Crippen molar-refractivity contribution in [2.75, 3.05) is 38.5 Å². The minimum atomic E-state index is -0.393. The van der Waals surface area contributed by atoms with Gasteiger partial charge in [0.25, 0.3) is 0 Å². The average molecular weight is 373 g/mol. The molecular weight excluding hydrogens is 350 g/mol. The van der Waals surface area contributed by atoms with Gasteiger partial charge in [-0.15, -0.1) is 0 Å². The molecule has 0 fully saturated rings. The molecule has 8 nitrogen and oxygen atoms in total. The van der Waals surface area contributed by atoms with Gasteiger partial charge in [0.1, 0.15) is 17.2 Å². The van der Waals surface area contributed by atoms with E-state index in [4.69, 9.17) is 14.2 Å². The Labute approximate surface area is 157 Å². The molecule has 0 radical (unpaired) electrons. The number of carbonyl (C=O) groups is 2. The molecule has 0 bridgehead atoms. The van der Waals surface area contributed by atoms with Gasteiger partial charge >= 0.3 is 6.03 Å². The minimum absolute atomic E-state index is 0.121. The molecule has 0 saturated heterocycles. The molecule has 0 spiro atoms. The van der Waals surface area contributed by atoms with Crippen LogP contribution in [0.2, 0.25) is 0 Å². The lowest BCUT2D eigenvalue weighted by molar-refractivity contribution is -0.116. The molecule has 144 valence electrons. The number of benzene rings is 2. The van der Waals surface area contributed by atoms with Gasteiger partial charge in [0.05, 0.1) is 21.3 Å². The topological polar surface area (TPSA) is 97.9 Å². The zero-order valence-corrected chi connectivity index (χ0v) is 15.5. The van der Waals surface area contributed by atoms with Crippen molar-refractivity contribution in [2.24, 2.45) is 0 Å². The van der Waals surface area contributed by atoms with Crippen LogP contribution in [-0.2, 0) is 4.79 Å². The Balaban J connectivity index is 1.77. The highest BCUT2D eigenvalue weighted by atomic mass is 16.5. The molecule has 0 unspecified atom stereocenters. The molecule has 2 aromatic rings. The van der Waals surface area contributed by atoms with Crippen LogP contribution < -0.4 is 30.2 Å². The fourth-order valence-corrected chi connectivity index (χ4v) is 2.24. The van der Waals surface area contributed by atoms with E-state index in [1.54, 1.807) is 49.6 Å². The Morgan fingerprint density at radius 1 is 0.778 bits per heavy atom. The van der Waals surface area contributed by atoms with Gasteiger partial charge in [0.15, 0.2) is 0 Å². The molecule has 0 heterocycles. The lowest BCUT2D eigenvalue weighted by Crippen LogP contribution is -2.31. The number of urea groups is 1. The van der Waals surface area contributed by atoms with Crippen molar-refractivity contribution in [3.63, 3.8) is 0 Å². The zero-order chi connectivity index (χ0) is 19.6. The number of carbonyl (C=O) groups excluding carboxylic acids is 2. The van der Waals surface area contributed by atoms with Crippen LogP contribution in [0.15, 0.2) is 42.5 Å². The minimum Gasteiger partial charge on any atom is -0.497 e. The maximum Gasteiger partial charge on any atom is 0.319 e. The maximum atomic E-state index is 12.0. The molecule has 0 aromatic heterocycles. The molecule has 27 heavy (non-hydrogen) atoms. The Morgan fingerprint density at radius 3 is 1.93 bits per heavy atom. The first-order chi connectivity index (χ1) is 13.0. The molecule has 0 atom stereocenters. The number of hydrogen-bond donors (Lipinski definition) is 3. The second-order valence-electron chi connectivity index (χ2n) is 5.51. The van der Waals surface area contributed by atoms with Gasteiger partial charge in [0.2, 0.25) is 5.91 Å². The molecule has 0 aliphatic carbocycles. The molecule has 2 rings (SSSR count). The Bertz CT molecular complexity index is 755. The van der Waals surface area contributed by atoms with Gasteiger partial charge < -0.3 is 30.2 Å². The fraction of sp³-hybridized carbons (Fsp3) is 0.263. The van der Waals surface area contributed by atoms with Crippen molar-refractivity contribution in [1.29, 1.82) is 0 Å². The molecule has 8 heteroatoms. The molecule has 0 saturated carbocycles. The largest absolute Gasteiger partial charge is 0.497 e. The van der Waals surface area contributed by atoms with E-state index in [9.17, 15) is 9.59 Å². The number of amides is 3. The number of hydrogen-bond acceptors (Lipinski definition) is 5. The first kappa shape index (κ1) is 19.9. The van der Waals surface area contributed by atoms with Crippen LogP contribution in [0, 0.1) is 0 Å². The molecule has 3 amide bonds. The van der Waals surface area contributed by atoms with E-state index in [-0.39, 0.29) is 18.9 Å². The number of rotatable bonds is 8. The highest BCUT2D eigenvalue weighted by Crippen LogP contribution is 2.25. The van der Waals surface area contributed by atoms with Gasteiger partial charge in [-0.3, -0.25) is 4.79 Å². The second kappa shape index (κ2) is 9.91. The molecule has 3 N–H and O–H groups in total. The molecular formula is C19H23N3O5. The Kier molecular flexibility index (Phi) is 7.30. The predicted octanol–water partition coefficient (Wildman–Crippen LogP) is 2.86. The summed E-state index contributed by atoms with van der Waals surface area (Å²) in [5.41, 5.74) is 1.18. The third-order valence-corrected chi connectivity index (χ3v) is 3.62. The van der Waals surface area contributed by atoms with E-state index in [0.717, 1.165) is 0 Å². The monoisotopic (exact) mass is 373 g/mol. The third-order valence-electron chi connectivity index (χ3n) is 3.62. The van der Waals surface area contributed by atoms with E-state index >= 15 is 0 Å². The zero-order valence-electron chi connectivity index (χ0n) is 15.5. The summed E-state index contributed by atoms with van der Waals surface area (Å²) in [6, 6.07) is 11.6. The van der Waals surface area contributed by atoms with Crippen molar-refractivity contribution < 1.29 is 23.8 Å². The first-order valence-corrected chi connectivity index (χ1v) is 8.26. The quantitative estimate of drug-likeness (QED) is 0.661. The van der Waals surface area contributed by atoms with Crippen molar-refractivity contribution in [3.05, 3.63) is 42.5 Å². The van der Waals surface area contributed by atoms with Gasteiger partial charge in [-0.05, 0) is 24.3 Å². The van der Waals surface area contributed by atoms with Crippen LogP contribution in [0.1, 0.15) is 6.42 Å². The van der Waals surface area contributed by atoms with Gasteiger partial charge in [-0.25, -0.2) is 4.79 Å². The van der Waals surface area contributed by atoms with E-state index in [1.165, 1.54) is 14.2 Å².